The van der Waals surface area contributed by atoms with Crippen LogP contribution in [0.25, 0.3) is 0 Å². The summed E-state index contributed by atoms with van der Waals surface area (Å²) in [4.78, 5) is 0. The monoisotopic (exact) mass is 164 g/mol. The van der Waals surface area contributed by atoms with Gasteiger partial charge in [-0.1, -0.05) is 19.8 Å². The zero-order valence-electron chi connectivity index (χ0n) is 6.81. The summed E-state index contributed by atoms with van der Waals surface area (Å²) in [6, 6.07) is 0. The summed E-state index contributed by atoms with van der Waals surface area (Å²) in [5.41, 5.74) is 0. The Hall–Kier alpha value is 0.250. The number of aliphatic hydroxyl groups excluding tert-OH is 1. The van der Waals surface area contributed by atoms with Crippen LogP contribution in [0.1, 0.15) is 33.1 Å². The Bertz CT molecular complexity index is 73.7. The Morgan fingerprint density at radius 1 is 1.50 bits per heavy atom. The summed E-state index contributed by atoms with van der Waals surface area (Å²) in [5, 5.41) is 8.95. The molecule has 10 heavy (non-hydrogen) atoms. The van der Waals surface area contributed by atoms with Crippen molar-refractivity contribution in [2.75, 3.05) is 6.61 Å². The number of hydrogen-bond acceptors (Lipinski definition) is 1. The van der Waals surface area contributed by atoms with E-state index in [1.54, 1.807) is 0 Å². The maximum absolute atomic E-state index is 8.84. The molecule has 0 radical (unpaired) electrons. The quantitative estimate of drug-likeness (QED) is 0.619. The second-order valence-electron chi connectivity index (χ2n) is 2.76. The molecule has 0 aromatic rings. The van der Waals surface area contributed by atoms with Gasteiger partial charge < -0.3 is 5.11 Å². The first-order valence-electron chi connectivity index (χ1n) is 3.97. The number of aliphatic hydroxyl groups is 1. The van der Waals surface area contributed by atoms with Crippen LogP contribution in [0.5, 0.6) is 0 Å². The Kier molecular flexibility index (Phi) is 6.14. The SMILES string of the molecule is CCCC[C@@H](CO)[C@@H](C)Cl. The minimum atomic E-state index is 0.108. The summed E-state index contributed by atoms with van der Waals surface area (Å²) in [6.45, 7) is 4.32. The normalized spacial score (nSPS) is 16.8. The van der Waals surface area contributed by atoms with E-state index in [2.05, 4.69) is 6.92 Å². The van der Waals surface area contributed by atoms with Crippen LogP contribution >= 0.6 is 11.6 Å². The van der Waals surface area contributed by atoms with Crippen molar-refractivity contribution in [3.05, 3.63) is 0 Å². The predicted octanol–water partition coefficient (Wildman–Crippen LogP) is 2.41. The molecule has 0 amide bonds. The van der Waals surface area contributed by atoms with Gasteiger partial charge in [-0.2, -0.15) is 0 Å². The molecule has 1 N–H and O–H groups in total. The molecule has 0 saturated heterocycles. The summed E-state index contributed by atoms with van der Waals surface area (Å²) < 4.78 is 0. The smallest absolute Gasteiger partial charge is 0.0473 e. The van der Waals surface area contributed by atoms with E-state index in [9.17, 15) is 0 Å². The van der Waals surface area contributed by atoms with Crippen LogP contribution in [0, 0.1) is 5.92 Å². The highest BCUT2D eigenvalue weighted by atomic mass is 35.5. The molecular formula is C8H17ClO. The van der Waals surface area contributed by atoms with Gasteiger partial charge in [0.25, 0.3) is 0 Å². The van der Waals surface area contributed by atoms with E-state index in [4.69, 9.17) is 16.7 Å². The highest BCUT2D eigenvalue weighted by Crippen LogP contribution is 2.16. The molecule has 0 spiro atoms. The van der Waals surface area contributed by atoms with Gasteiger partial charge in [0.1, 0.15) is 0 Å². The van der Waals surface area contributed by atoms with Gasteiger partial charge in [-0.05, 0) is 19.3 Å². The fourth-order valence-electron chi connectivity index (χ4n) is 0.933. The molecule has 0 aromatic heterocycles. The van der Waals surface area contributed by atoms with Crippen molar-refractivity contribution in [1.82, 2.24) is 0 Å². The lowest BCUT2D eigenvalue weighted by Crippen LogP contribution is -2.15. The van der Waals surface area contributed by atoms with E-state index in [1.165, 1.54) is 12.8 Å². The molecule has 0 aliphatic heterocycles. The first-order chi connectivity index (χ1) is 4.72. The largest absolute Gasteiger partial charge is 0.396 e. The molecule has 2 atom stereocenters. The molecule has 2 heteroatoms. The number of rotatable bonds is 5. The van der Waals surface area contributed by atoms with Gasteiger partial charge in [-0.15, -0.1) is 11.6 Å². The Morgan fingerprint density at radius 2 is 2.10 bits per heavy atom. The lowest BCUT2D eigenvalue weighted by atomic mass is 10.0. The first-order valence-corrected chi connectivity index (χ1v) is 4.41. The fraction of sp³-hybridized carbons (Fsp3) is 1.00. The average molecular weight is 165 g/mol. The van der Waals surface area contributed by atoms with Crippen LogP contribution < -0.4 is 0 Å². The highest BCUT2D eigenvalue weighted by molar-refractivity contribution is 6.20. The van der Waals surface area contributed by atoms with Crippen LogP contribution in [0.15, 0.2) is 0 Å². The minimum absolute atomic E-state index is 0.108. The Labute approximate surface area is 68.4 Å². The lowest BCUT2D eigenvalue weighted by Gasteiger charge is -2.15. The lowest BCUT2D eigenvalue weighted by molar-refractivity contribution is 0.215. The van der Waals surface area contributed by atoms with Crippen molar-refractivity contribution in [2.24, 2.45) is 5.92 Å². The summed E-state index contributed by atoms with van der Waals surface area (Å²) in [6.07, 6.45) is 3.40. The van der Waals surface area contributed by atoms with Crippen LogP contribution in [0.2, 0.25) is 0 Å². The molecule has 0 heterocycles. The predicted molar refractivity (Wildman–Crippen MR) is 45.4 cm³/mol. The van der Waals surface area contributed by atoms with Gasteiger partial charge in [0.05, 0.1) is 0 Å². The van der Waals surface area contributed by atoms with E-state index in [-0.39, 0.29) is 12.0 Å². The molecule has 0 aliphatic rings. The second-order valence-corrected chi connectivity index (χ2v) is 3.45. The van der Waals surface area contributed by atoms with Crippen molar-refractivity contribution in [1.29, 1.82) is 0 Å². The first kappa shape index (κ1) is 10.2. The average Bonchev–Trinajstić information content (AvgIpc) is 1.89. The van der Waals surface area contributed by atoms with Gasteiger partial charge in [0, 0.05) is 12.0 Å². The van der Waals surface area contributed by atoms with Gasteiger partial charge in [0.2, 0.25) is 0 Å². The van der Waals surface area contributed by atoms with E-state index in [1.807, 2.05) is 6.92 Å². The van der Waals surface area contributed by atoms with Gasteiger partial charge >= 0.3 is 0 Å². The van der Waals surface area contributed by atoms with Crippen LogP contribution in [-0.2, 0) is 0 Å². The van der Waals surface area contributed by atoms with Crippen LogP contribution in [-0.4, -0.2) is 17.1 Å². The summed E-state index contributed by atoms with van der Waals surface area (Å²) >= 11 is 5.82. The van der Waals surface area contributed by atoms with E-state index >= 15 is 0 Å². The number of halogens is 1. The maximum Gasteiger partial charge on any atom is 0.0473 e. The van der Waals surface area contributed by atoms with Crippen molar-refractivity contribution in [3.8, 4) is 0 Å². The van der Waals surface area contributed by atoms with E-state index < -0.39 is 0 Å². The van der Waals surface area contributed by atoms with Crippen molar-refractivity contribution < 1.29 is 5.11 Å². The maximum atomic E-state index is 8.84. The van der Waals surface area contributed by atoms with Gasteiger partial charge in [-0.25, -0.2) is 0 Å². The van der Waals surface area contributed by atoms with Crippen molar-refractivity contribution in [2.45, 2.75) is 38.5 Å². The molecule has 0 bridgehead atoms. The highest BCUT2D eigenvalue weighted by Gasteiger charge is 2.12. The second kappa shape index (κ2) is 5.99. The molecule has 0 aliphatic carbocycles. The number of alkyl halides is 1. The molecule has 0 saturated carbocycles. The zero-order chi connectivity index (χ0) is 7.98. The Morgan fingerprint density at radius 3 is 2.40 bits per heavy atom. The van der Waals surface area contributed by atoms with E-state index in [0.29, 0.717) is 5.92 Å². The zero-order valence-corrected chi connectivity index (χ0v) is 7.56. The topological polar surface area (TPSA) is 20.2 Å². The summed E-state index contributed by atoms with van der Waals surface area (Å²) in [7, 11) is 0. The molecule has 62 valence electrons. The van der Waals surface area contributed by atoms with Gasteiger partial charge in [0.15, 0.2) is 0 Å². The molecule has 0 rings (SSSR count). The number of unbranched alkanes of at least 4 members (excludes halogenated alkanes) is 1. The Balaban J connectivity index is 3.40. The van der Waals surface area contributed by atoms with Crippen LogP contribution in [0.4, 0.5) is 0 Å². The molecule has 0 fully saturated rings. The van der Waals surface area contributed by atoms with Gasteiger partial charge in [-0.3, -0.25) is 0 Å². The van der Waals surface area contributed by atoms with Crippen molar-refractivity contribution in [3.63, 3.8) is 0 Å². The third-order valence-electron chi connectivity index (χ3n) is 1.81. The fourth-order valence-corrected chi connectivity index (χ4v) is 1.14. The van der Waals surface area contributed by atoms with E-state index in [0.717, 1.165) is 6.42 Å². The standard InChI is InChI=1S/C8H17ClO/c1-3-4-5-8(6-10)7(2)9/h7-8,10H,3-6H2,1-2H3/t7-,8+/m1/s1. The molecule has 0 aromatic carbocycles. The number of hydrogen-bond donors (Lipinski definition) is 1. The van der Waals surface area contributed by atoms with Crippen LogP contribution in [0.3, 0.4) is 0 Å². The minimum Gasteiger partial charge on any atom is -0.396 e. The van der Waals surface area contributed by atoms with Crippen molar-refractivity contribution >= 4 is 11.6 Å². The summed E-state index contributed by atoms with van der Waals surface area (Å²) in [5.74, 6) is 0.293. The molecule has 1 nitrogen and oxygen atoms in total. The third-order valence-corrected chi connectivity index (χ3v) is 2.17. The molecular weight excluding hydrogens is 148 g/mol. The third kappa shape index (κ3) is 4.13. The molecule has 0 unspecified atom stereocenters.